The average Bonchev–Trinajstić information content (AvgIpc) is 3.61. The van der Waals surface area contributed by atoms with E-state index in [2.05, 4.69) is 20.9 Å². The number of aliphatic hydroxyl groups is 2. The molecule has 42 heavy (non-hydrogen) atoms. The smallest absolute Gasteiger partial charge is 0.405 e. The third kappa shape index (κ3) is 7.02. The maximum atomic E-state index is 14.1. The Hall–Kier alpha value is -3.26. The number of aromatic nitrogens is 3. The van der Waals surface area contributed by atoms with Gasteiger partial charge in [0.1, 0.15) is 17.7 Å². The van der Waals surface area contributed by atoms with E-state index in [1.54, 1.807) is 13.8 Å². The molecule has 2 saturated carbocycles. The molecule has 0 bridgehead atoms. The summed E-state index contributed by atoms with van der Waals surface area (Å²) in [5, 5.41) is 44.4. The molecular formula is C28H45N7O7. The van der Waals surface area contributed by atoms with E-state index < -0.39 is 59.2 Å². The lowest BCUT2D eigenvalue weighted by molar-refractivity contribution is -0.143. The van der Waals surface area contributed by atoms with Crippen LogP contribution in [0.15, 0.2) is 6.20 Å². The quantitative estimate of drug-likeness (QED) is 0.228. The van der Waals surface area contributed by atoms with Crippen LogP contribution in [0.2, 0.25) is 0 Å². The fourth-order valence-electron chi connectivity index (χ4n) is 7.01. The second kappa shape index (κ2) is 12.9. The van der Waals surface area contributed by atoms with Crippen LogP contribution in [0.25, 0.3) is 0 Å². The number of amides is 4. The number of carbonyl (C=O) groups is 4. The Morgan fingerprint density at radius 1 is 1.12 bits per heavy atom. The predicted molar refractivity (Wildman–Crippen MR) is 150 cm³/mol. The van der Waals surface area contributed by atoms with Gasteiger partial charge in [0.15, 0.2) is 6.10 Å². The summed E-state index contributed by atoms with van der Waals surface area (Å²) in [7, 11) is 0. The van der Waals surface area contributed by atoms with Gasteiger partial charge in [0.25, 0.3) is 0 Å². The van der Waals surface area contributed by atoms with E-state index in [-0.39, 0.29) is 18.9 Å². The Morgan fingerprint density at radius 2 is 1.76 bits per heavy atom. The number of aliphatic hydroxyl groups excluding tert-OH is 1. The number of hydrogen-bond donors (Lipinski definition) is 6. The van der Waals surface area contributed by atoms with Gasteiger partial charge in [0, 0.05) is 13.0 Å². The zero-order valence-corrected chi connectivity index (χ0v) is 24.5. The van der Waals surface area contributed by atoms with Crippen LogP contribution >= 0.6 is 0 Å². The molecular weight excluding hydrogens is 546 g/mol. The standard InChI is InChI=1S/C28H45N7O7/c1-27(2,42)21-15-30-33-35(21)18-14-20(24(38)32-28(22(36)23(29)37)11-7-4-8-12-28)34(16-18)25(39)19(31-26(40)41)13-17-9-5-3-6-10-17/h15,17-20,22,31,36,42H,3-14,16H2,1-2H3,(H2,29,37)(H,32,38)(H,40,41)/t18-,19?,20-,22?/m0/s1. The lowest BCUT2D eigenvalue weighted by atomic mass is 9.77. The van der Waals surface area contributed by atoms with Gasteiger partial charge in [-0.25, -0.2) is 9.48 Å². The van der Waals surface area contributed by atoms with Crippen LogP contribution < -0.4 is 16.4 Å². The van der Waals surface area contributed by atoms with Crippen molar-refractivity contribution < 1.29 is 34.5 Å². The van der Waals surface area contributed by atoms with Crippen LogP contribution in [0.4, 0.5) is 4.79 Å². The first-order valence-electron chi connectivity index (χ1n) is 15.0. The van der Waals surface area contributed by atoms with E-state index >= 15 is 0 Å². The molecule has 2 unspecified atom stereocenters. The molecule has 3 aliphatic rings. The highest BCUT2D eigenvalue weighted by molar-refractivity contribution is 5.92. The Balaban J connectivity index is 1.65. The van der Waals surface area contributed by atoms with E-state index in [1.807, 2.05) is 0 Å². The van der Waals surface area contributed by atoms with Gasteiger partial charge < -0.3 is 36.6 Å². The molecule has 14 nitrogen and oxygen atoms in total. The van der Waals surface area contributed by atoms with Crippen LogP contribution in [0, 0.1) is 5.92 Å². The molecule has 234 valence electrons. The second-order valence-corrected chi connectivity index (χ2v) is 12.8. The molecule has 2 heterocycles. The first kappa shape index (κ1) is 31.7. The molecule has 1 aromatic rings. The average molecular weight is 592 g/mol. The van der Waals surface area contributed by atoms with Gasteiger partial charge in [0.05, 0.1) is 23.5 Å². The van der Waals surface area contributed by atoms with Gasteiger partial charge in [0.2, 0.25) is 17.7 Å². The first-order valence-corrected chi connectivity index (χ1v) is 15.0. The minimum atomic E-state index is -1.60. The number of nitrogens with two attached hydrogens (primary N) is 1. The van der Waals surface area contributed by atoms with E-state index in [0.717, 1.165) is 38.5 Å². The van der Waals surface area contributed by atoms with Gasteiger partial charge in [-0.3, -0.25) is 14.4 Å². The number of likely N-dealkylation sites (tertiary alicyclic amines) is 1. The van der Waals surface area contributed by atoms with Crippen LogP contribution in [0.5, 0.6) is 0 Å². The SMILES string of the molecule is CC(C)(O)c1cnnn1[C@H]1C[C@@H](C(=O)NC2(C(O)C(N)=O)CCCCC2)N(C(=O)C(CC2CCCCC2)NC(=O)O)C1. The fraction of sp³-hybridized carbons (Fsp3) is 0.786. The van der Waals surface area contributed by atoms with Gasteiger partial charge in [-0.1, -0.05) is 56.6 Å². The van der Waals surface area contributed by atoms with E-state index in [9.17, 15) is 34.5 Å². The zero-order valence-electron chi connectivity index (χ0n) is 24.5. The molecule has 3 fully saturated rings. The topological polar surface area (TPSA) is 213 Å². The van der Waals surface area contributed by atoms with Crippen molar-refractivity contribution in [3.8, 4) is 0 Å². The highest BCUT2D eigenvalue weighted by atomic mass is 16.4. The molecule has 4 amide bonds. The number of carbonyl (C=O) groups excluding carboxylic acids is 3. The Kier molecular flexibility index (Phi) is 9.76. The van der Waals surface area contributed by atoms with Crippen molar-refractivity contribution in [2.45, 2.75) is 126 Å². The lowest BCUT2D eigenvalue weighted by Crippen LogP contribution is -2.64. The van der Waals surface area contributed by atoms with Crippen LogP contribution in [0.1, 0.15) is 103 Å². The Labute approximate surface area is 245 Å². The third-order valence-electron chi connectivity index (χ3n) is 9.21. The third-order valence-corrected chi connectivity index (χ3v) is 9.21. The Bertz CT molecular complexity index is 1140. The second-order valence-electron chi connectivity index (χ2n) is 12.8. The normalized spacial score (nSPS) is 24.5. The summed E-state index contributed by atoms with van der Waals surface area (Å²) < 4.78 is 1.50. The van der Waals surface area contributed by atoms with Crippen LogP contribution in [0.3, 0.4) is 0 Å². The van der Waals surface area contributed by atoms with Gasteiger partial charge in [-0.05, 0) is 39.0 Å². The monoisotopic (exact) mass is 591 g/mol. The molecule has 4 atom stereocenters. The molecule has 0 radical (unpaired) electrons. The Morgan fingerprint density at radius 3 is 2.36 bits per heavy atom. The first-order chi connectivity index (χ1) is 19.8. The van der Waals surface area contributed by atoms with E-state index in [4.69, 9.17) is 5.73 Å². The molecule has 2 aliphatic carbocycles. The zero-order chi connectivity index (χ0) is 30.7. The largest absolute Gasteiger partial charge is 0.465 e. The molecule has 0 spiro atoms. The maximum Gasteiger partial charge on any atom is 0.405 e. The highest BCUT2D eigenvalue weighted by Gasteiger charge is 2.49. The number of rotatable bonds is 10. The lowest BCUT2D eigenvalue weighted by Gasteiger charge is -2.41. The van der Waals surface area contributed by atoms with E-state index in [1.165, 1.54) is 15.8 Å². The molecule has 7 N–H and O–H groups in total. The summed E-state index contributed by atoms with van der Waals surface area (Å²) >= 11 is 0. The molecule has 1 aliphatic heterocycles. The van der Waals surface area contributed by atoms with Gasteiger partial charge in [-0.15, -0.1) is 5.10 Å². The van der Waals surface area contributed by atoms with Crippen molar-refractivity contribution in [3.63, 3.8) is 0 Å². The number of carboxylic acid groups (broad SMARTS) is 1. The fourth-order valence-corrected chi connectivity index (χ4v) is 7.01. The summed E-state index contributed by atoms with van der Waals surface area (Å²) in [4.78, 5) is 53.2. The predicted octanol–water partition coefficient (Wildman–Crippen LogP) is 0.919. The van der Waals surface area contributed by atoms with Crippen molar-refractivity contribution in [2.75, 3.05) is 6.54 Å². The highest BCUT2D eigenvalue weighted by Crippen LogP contribution is 2.36. The van der Waals surface area contributed by atoms with Crippen LogP contribution in [-0.2, 0) is 20.0 Å². The van der Waals surface area contributed by atoms with Crippen molar-refractivity contribution in [1.82, 2.24) is 30.5 Å². The van der Waals surface area contributed by atoms with Gasteiger partial charge >= 0.3 is 6.09 Å². The van der Waals surface area contributed by atoms with Crippen molar-refractivity contribution in [1.29, 1.82) is 0 Å². The minimum Gasteiger partial charge on any atom is -0.465 e. The molecule has 1 aromatic heterocycles. The van der Waals surface area contributed by atoms with Crippen LogP contribution in [-0.4, -0.2) is 89.3 Å². The van der Waals surface area contributed by atoms with Crippen molar-refractivity contribution in [2.24, 2.45) is 11.7 Å². The number of primary amides is 1. The van der Waals surface area contributed by atoms with Gasteiger partial charge in [-0.2, -0.15) is 0 Å². The summed E-state index contributed by atoms with van der Waals surface area (Å²) in [6.45, 7) is 3.19. The van der Waals surface area contributed by atoms with E-state index in [0.29, 0.717) is 37.8 Å². The maximum absolute atomic E-state index is 14.1. The minimum absolute atomic E-state index is 0.0250. The number of hydrogen-bond acceptors (Lipinski definition) is 8. The number of nitrogens with zero attached hydrogens (tertiary/aromatic N) is 4. The summed E-state index contributed by atoms with van der Waals surface area (Å²) in [5.41, 5.74) is 3.30. The summed E-state index contributed by atoms with van der Waals surface area (Å²) in [6.07, 6.45) is 6.83. The number of nitrogens with one attached hydrogen (secondary N) is 2. The van der Waals surface area contributed by atoms with Crippen molar-refractivity contribution >= 4 is 23.8 Å². The molecule has 1 saturated heterocycles. The summed E-state index contributed by atoms with van der Waals surface area (Å²) in [5.74, 6) is -1.85. The molecule has 4 rings (SSSR count). The summed E-state index contributed by atoms with van der Waals surface area (Å²) in [6, 6.07) is -2.65. The van der Waals surface area contributed by atoms with Crippen molar-refractivity contribution in [3.05, 3.63) is 11.9 Å². The molecule has 0 aromatic carbocycles. The molecule has 14 heteroatoms.